The van der Waals surface area contributed by atoms with Gasteiger partial charge in [0.2, 0.25) is 0 Å². The Bertz CT molecular complexity index is 57.2. The summed E-state index contributed by atoms with van der Waals surface area (Å²) in [5, 5.41) is 0. The third-order valence-electron chi connectivity index (χ3n) is 1.06. The fourth-order valence-corrected chi connectivity index (χ4v) is 0. The summed E-state index contributed by atoms with van der Waals surface area (Å²) in [4.78, 5) is 0. The van der Waals surface area contributed by atoms with Crippen molar-refractivity contribution in [2.75, 3.05) is 7.05 Å². The molecule has 0 aromatic heterocycles. The second-order valence-electron chi connectivity index (χ2n) is 2.78. The zero-order chi connectivity index (χ0) is 6.08. The van der Waals surface area contributed by atoms with Crippen molar-refractivity contribution in [1.29, 1.82) is 0 Å². The molecule has 0 aliphatic carbocycles. The molecular weight excluding hydrogens is 160 g/mol. The predicted molar refractivity (Wildman–Crippen MR) is 36.9 cm³/mol. The van der Waals surface area contributed by atoms with Crippen molar-refractivity contribution in [3.8, 4) is 0 Å². The minimum atomic E-state index is -0.873. The van der Waals surface area contributed by atoms with Gasteiger partial charge in [-0.15, -0.1) is 0 Å². The Morgan fingerprint density at radius 2 is 1.43 bits per heavy atom. The van der Waals surface area contributed by atoms with Crippen LogP contribution in [-0.2, 0) is 0 Å². The second kappa shape index (κ2) is 2.39. The molecule has 0 aromatic carbocycles. The summed E-state index contributed by atoms with van der Waals surface area (Å²) in [6.07, 6.45) is 0. The molecule has 0 fully saturated rings. The number of hydrogen-bond acceptors (Lipinski definition) is 1. The van der Waals surface area contributed by atoms with E-state index >= 15 is 0 Å². The Hall–Kier alpha value is 0.813. The molecule has 0 saturated heterocycles. The van der Waals surface area contributed by atoms with Gasteiger partial charge in [-0.25, -0.2) is 0 Å². The van der Waals surface area contributed by atoms with Crippen LogP contribution in [-0.4, -0.2) is 37.4 Å². The quantitative estimate of drug-likeness (QED) is 0.529. The summed E-state index contributed by atoms with van der Waals surface area (Å²) in [5.41, 5.74) is 0. The molecule has 0 heterocycles. The monoisotopic (exact) mass is 171 g/mol. The third-order valence-corrected chi connectivity index (χ3v) is 8.05. The van der Waals surface area contributed by atoms with E-state index in [1.807, 2.05) is 0 Å². The average Bonchev–Trinajstić information content (AvgIpc) is 1.31. The van der Waals surface area contributed by atoms with Crippen molar-refractivity contribution in [3.05, 3.63) is 0 Å². The van der Waals surface area contributed by atoms with E-state index in [1.54, 1.807) is 18.8 Å². The van der Waals surface area contributed by atoms with Crippen molar-refractivity contribution in [3.63, 3.8) is 0 Å². The number of rotatable bonds is 1. The molecule has 0 rings (SSSR count). The van der Waals surface area contributed by atoms with Gasteiger partial charge < -0.3 is 0 Å². The third kappa shape index (κ3) is 3.40. The second-order valence-corrected chi connectivity index (χ2v) is 10.5. The van der Waals surface area contributed by atoms with Crippen LogP contribution >= 0.6 is 0 Å². The van der Waals surface area contributed by atoms with E-state index in [9.17, 15) is 0 Å². The Morgan fingerprint density at radius 3 is 1.43 bits per heavy atom. The normalized spacial score (nSPS) is 12.7. The Kier molecular flexibility index (Phi) is 2.67. The van der Waals surface area contributed by atoms with E-state index in [2.05, 4.69) is 30.0 Å². The molecule has 0 unspecified atom stereocenters. The Labute approximate surface area is 57.4 Å². The molecule has 0 N–H and O–H groups in total. The first-order chi connectivity index (χ1) is 2.94. The van der Waals surface area contributed by atoms with E-state index in [-0.39, 0.29) is 0 Å². The zero-order valence-electron chi connectivity index (χ0n) is 5.52. The summed E-state index contributed by atoms with van der Waals surface area (Å²) in [6.45, 7) is 7.03. The van der Waals surface area contributed by atoms with Crippen LogP contribution in [0.2, 0.25) is 19.6 Å². The number of nitrogens with zero attached hydrogens (tertiary/aromatic N) is 1. The van der Waals surface area contributed by atoms with Gasteiger partial charge in [-0.05, 0) is 0 Å². The summed E-state index contributed by atoms with van der Waals surface area (Å²) < 4.78 is 2.39. The van der Waals surface area contributed by atoms with E-state index in [0.717, 1.165) is 0 Å². The molecule has 3 heteroatoms. The minimum absolute atomic E-state index is 0.873. The fourth-order valence-electron chi connectivity index (χ4n) is 0. The van der Waals surface area contributed by atoms with Crippen LogP contribution < -0.4 is 0 Å². The predicted octanol–water partition coefficient (Wildman–Crippen LogP) is 0.837. The van der Waals surface area contributed by atoms with Crippen LogP contribution in [0.25, 0.3) is 0 Å². The molecule has 0 aromatic rings. The first-order valence-electron chi connectivity index (χ1n) is 2.43. The molecule has 7 heavy (non-hydrogen) atoms. The molecule has 0 spiro atoms. The van der Waals surface area contributed by atoms with E-state index < -0.39 is 8.24 Å². The van der Waals surface area contributed by atoms with Crippen LogP contribution in [0.15, 0.2) is 0 Å². The van der Waals surface area contributed by atoms with Gasteiger partial charge in [0.1, 0.15) is 0 Å². The Morgan fingerprint density at radius 1 is 1.29 bits per heavy atom. The molecule has 0 atom stereocenters. The van der Waals surface area contributed by atoms with Gasteiger partial charge in [0, 0.05) is 0 Å². The zero-order valence-corrected chi connectivity index (χ0v) is 8.95. The SMILES string of the molecule is C[N]([Ga])[Si](C)(C)C. The van der Waals surface area contributed by atoms with Gasteiger partial charge in [0.25, 0.3) is 0 Å². The van der Waals surface area contributed by atoms with Gasteiger partial charge in [-0.1, -0.05) is 0 Å². The van der Waals surface area contributed by atoms with E-state index in [0.29, 0.717) is 0 Å². The first kappa shape index (κ1) is 7.81. The van der Waals surface area contributed by atoms with Crippen molar-refractivity contribution in [2.45, 2.75) is 19.6 Å². The van der Waals surface area contributed by atoms with Crippen molar-refractivity contribution < 1.29 is 0 Å². The van der Waals surface area contributed by atoms with Crippen LogP contribution in [0.3, 0.4) is 0 Å². The average molecular weight is 172 g/mol. The topological polar surface area (TPSA) is 3.24 Å². The first-order valence-corrected chi connectivity index (χ1v) is 6.96. The van der Waals surface area contributed by atoms with Gasteiger partial charge in [0.15, 0.2) is 0 Å². The molecule has 0 bridgehead atoms. The number of hydrogen-bond donors (Lipinski definition) is 0. The van der Waals surface area contributed by atoms with Gasteiger partial charge >= 0.3 is 57.0 Å². The fraction of sp³-hybridized carbons (Fsp3) is 1.00. The molecule has 1 nitrogen and oxygen atoms in total. The van der Waals surface area contributed by atoms with Gasteiger partial charge in [-0.2, -0.15) is 0 Å². The maximum atomic E-state index is 2.39. The maximum absolute atomic E-state index is 2.39. The summed E-state index contributed by atoms with van der Waals surface area (Å²) in [7, 11) is 1.30. The molecule has 0 amide bonds. The van der Waals surface area contributed by atoms with Crippen molar-refractivity contribution in [2.24, 2.45) is 0 Å². The standard InChI is InChI=1S/C4H12NSi.Ga/c1-5-6(2,3)4;/h1-4H3;/q-1;+1. The van der Waals surface area contributed by atoms with E-state index in [4.69, 9.17) is 0 Å². The van der Waals surface area contributed by atoms with Crippen LogP contribution in [0, 0.1) is 0 Å². The van der Waals surface area contributed by atoms with Gasteiger partial charge in [-0.3, -0.25) is 0 Å². The van der Waals surface area contributed by atoms with Crippen LogP contribution in [0.1, 0.15) is 0 Å². The summed E-state index contributed by atoms with van der Waals surface area (Å²) in [5.74, 6) is 0. The molecule has 40 valence electrons. The van der Waals surface area contributed by atoms with Crippen molar-refractivity contribution in [1.82, 2.24) is 3.27 Å². The molecule has 0 aliphatic heterocycles. The summed E-state index contributed by atoms with van der Waals surface area (Å²) >= 11 is 1.73. The summed E-state index contributed by atoms with van der Waals surface area (Å²) in [6, 6.07) is 0. The van der Waals surface area contributed by atoms with Crippen LogP contribution in [0.4, 0.5) is 0 Å². The molecular formula is C4H12GaNSi. The van der Waals surface area contributed by atoms with Gasteiger partial charge in [0.05, 0.1) is 0 Å². The Balaban J connectivity index is 3.54. The van der Waals surface area contributed by atoms with Crippen molar-refractivity contribution >= 4 is 27.1 Å². The molecule has 0 aliphatic rings. The van der Waals surface area contributed by atoms with E-state index in [1.165, 1.54) is 0 Å². The molecule has 2 radical (unpaired) electrons. The molecule has 0 saturated carbocycles. The van der Waals surface area contributed by atoms with Crippen LogP contribution in [0.5, 0.6) is 0 Å².